The number of nitrogens with two attached hydrogens (primary N) is 3. The Hall–Kier alpha value is -3.72. The van der Waals surface area contributed by atoms with Crippen LogP contribution in [0.2, 0.25) is 0 Å². The molecule has 1 saturated carbocycles. The number of nitrogen functional groups attached to an aromatic ring is 1. The summed E-state index contributed by atoms with van der Waals surface area (Å²) >= 11 is 0. The van der Waals surface area contributed by atoms with Crippen LogP contribution in [0.25, 0.3) is 11.1 Å². The highest BCUT2D eigenvalue weighted by Crippen LogP contribution is 2.28. The van der Waals surface area contributed by atoms with E-state index >= 15 is 0 Å². The summed E-state index contributed by atoms with van der Waals surface area (Å²) in [7, 11) is 0. The van der Waals surface area contributed by atoms with Gasteiger partial charge in [-0.2, -0.15) is 0 Å². The van der Waals surface area contributed by atoms with Gasteiger partial charge in [0.05, 0.1) is 17.4 Å². The molecular weight excluding hydrogens is 409 g/mol. The number of benzene rings is 1. The molecule has 1 aliphatic carbocycles. The number of primary amides is 1. The van der Waals surface area contributed by atoms with Gasteiger partial charge in [0.2, 0.25) is 0 Å². The zero-order valence-corrected chi connectivity index (χ0v) is 17.5. The van der Waals surface area contributed by atoms with Gasteiger partial charge in [-0.15, -0.1) is 0 Å². The molecular formula is C23H26FN7O. The van der Waals surface area contributed by atoms with E-state index in [1.54, 1.807) is 24.5 Å². The third-order valence-corrected chi connectivity index (χ3v) is 5.63. The maximum absolute atomic E-state index is 14.7. The summed E-state index contributed by atoms with van der Waals surface area (Å²) in [6, 6.07) is 10.1. The van der Waals surface area contributed by atoms with Crippen molar-refractivity contribution in [3.63, 3.8) is 0 Å². The molecule has 4 rings (SSSR count). The van der Waals surface area contributed by atoms with E-state index in [1.165, 1.54) is 0 Å². The molecule has 8 nitrogen and oxygen atoms in total. The highest BCUT2D eigenvalue weighted by Gasteiger charge is 2.24. The van der Waals surface area contributed by atoms with Crippen LogP contribution in [0.15, 0.2) is 48.8 Å². The zero-order valence-electron chi connectivity index (χ0n) is 17.5. The summed E-state index contributed by atoms with van der Waals surface area (Å²) < 4.78 is 14.7. The second-order valence-corrected chi connectivity index (χ2v) is 7.99. The van der Waals surface area contributed by atoms with Crippen molar-refractivity contribution in [2.45, 2.75) is 37.8 Å². The lowest BCUT2D eigenvalue weighted by Crippen LogP contribution is -2.43. The SMILES string of the molecule is NC(=O)c1cc(F)c(NC2CCCCC2N)nc1Nc1cncc(-c2ccc(N)cc2)c1. The Morgan fingerprint density at radius 1 is 1.03 bits per heavy atom. The first-order valence-electron chi connectivity index (χ1n) is 10.5. The Labute approximate surface area is 185 Å². The molecule has 1 aromatic carbocycles. The quantitative estimate of drug-likeness (QED) is 0.373. The van der Waals surface area contributed by atoms with Crippen molar-refractivity contribution in [2.24, 2.45) is 11.5 Å². The lowest BCUT2D eigenvalue weighted by molar-refractivity contribution is 0.100. The van der Waals surface area contributed by atoms with Gasteiger partial charge in [-0.05, 0) is 42.7 Å². The normalized spacial score (nSPS) is 18.2. The fraction of sp³-hybridized carbons (Fsp3) is 0.261. The lowest BCUT2D eigenvalue weighted by Gasteiger charge is -2.30. The van der Waals surface area contributed by atoms with E-state index < -0.39 is 11.7 Å². The number of carbonyl (C=O) groups is 1. The van der Waals surface area contributed by atoms with Crippen molar-refractivity contribution in [1.29, 1.82) is 0 Å². The standard InChI is InChI=1S/C23H26FN7O/c24-18-10-17(21(27)32)22(31-23(18)30-20-4-2-1-3-19(20)26)29-16-9-14(11-28-12-16)13-5-7-15(25)8-6-13/h5-12,19-20H,1-4,25-26H2,(H2,27,32)(H2,29,30,31). The van der Waals surface area contributed by atoms with Gasteiger partial charge in [0.25, 0.3) is 5.91 Å². The number of nitrogens with one attached hydrogen (secondary N) is 2. The molecule has 0 saturated heterocycles. The molecule has 0 bridgehead atoms. The van der Waals surface area contributed by atoms with Gasteiger partial charge >= 0.3 is 0 Å². The van der Waals surface area contributed by atoms with Crippen molar-refractivity contribution in [3.05, 3.63) is 60.2 Å². The number of halogens is 1. The van der Waals surface area contributed by atoms with Crippen LogP contribution in [0.5, 0.6) is 0 Å². The van der Waals surface area contributed by atoms with Gasteiger partial charge in [-0.1, -0.05) is 25.0 Å². The van der Waals surface area contributed by atoms with Crippen molar-refractivity contribution >= 4 is 28.9 Å². The number of rotatable bonds is 6. The lowest BCUT2D eigenvalue weighted by atomic mass is 9.91. The van der Waals surface area contributed by atoms with Gasteiger partial charge in [0.15, 0.2) is 11.6 Å². The molecule has 2 atom stereocenters. The van der Waals surface area contributed by atoms with Crippen molar-refractivity contribution in [1.82, 2.24) is 9.97 Å². The summed E-state index contributed by atoms with van der Waals surface area (Å²) in [5.74, 6) is -1.28. The molecule has 166 valence electrons. The van der Waals surface area contributed by atoms with Crippen LogP contribution < -0.4 is 27.8 Å². The fourth-order valence-electron chi connectivity index (χ4n) is 3.87. The van der Waals surface area contributed by atoms with E-state index in [-0.39, 0.29) is 29.3 Å². The Morgan fingerprint density at radius 2 is 1.78 bits per heavy atom. The monoisotopic (exact) mass is 435 g/mol. The minimum Gasteiger partial charge on any atom is -0.399 e. The summed E-state index contributed by atoms with van der Waals surface area (Å²) in [5.41, 5.74) is 20.3. The first kappa shape index (κ1) is 21.5. The predicted octanol–water partition coefficient (Wildman–Crippen LogP) is 3.39. The second-order valence-electron chi connectivity index (χ2n) is 7.99. The summed E-state index contributed by atoms with van der Waals surface area (Å²) in [4.78, 5) is 20.5. The predicted molar refractivity (Wildman–Crippen MR) is 124 cm³/mol. The van der Waals surface area contributed by atoms with Gasteiger partial charge in [-0.3, -0.25) is 9.78 Å². The molecule has 32 heavy (non-hydrogen) atoms. The molecule has 8 N–H and O–H groups in total. The molecule has 2 aromatic heterocycles. The summed E-state index contributed by atoms with van der Waals surface area (Å²) in [6.45, 7) is 0. The molecule has 1 aliphatic rings. The third-order valence-electron chi connectivity index (χ3n) is 5.63. The van der Waals surface area contributed by atoms with Gasteiger partial charge < -0.3 is 27.8 Å². The summed E-state index contributed by atoms with van der Waals surface area (Å²) in [5, 5.41) is 6.16. The van der Waals surface area contributed by atoms with E-state index in [4.69, 9.17) is 17.2 Å². The Kier molecular flexibility index (Phi) is 6.18. The Bertz CT molecular complexity index is 1120. The number of pyridine rings is 2. The van der Waals surface area contributed by atoms with Crippen LogP contribution in [-0.2, 0) is 0 Å². The van der Waals surface area contributed by atoms with E-state index in [0.29, 0.717) is 11.4 Å². The minimum absolute atomic E-state index is 0.0301. The van der Waals surface area contributed by atoms with Crippen molar-refractivity contribution in [3.8, 4) is 11.1 Å². The number of aromatic nitrogens is 2. The highest BCUT2D eigenvalue weighted by atomic mass is 19.1. The Morgan fingerprint density at radius 3 is 2.50 bits per heavy atom. The van der Waals surface area contributed by atoms with Crippen LogP contribution in [0, 0.1) is 5.82 Å². The highest BCUT2D eigenvalue weighted by molar-refractivity contribution is 5.98. The molecule has 3 aromatic rings. The number of amides is 1. The molecule has 1 fully saturated rings. The smallest absolute Gasteiger partial charge is 0.252 e. The molecule has 0 radical (unpaired) electrons. The molecule has 2 heterocycles. The molecule has 9 heteroatoms. The maximum atomic E-state index is 14.7. The number of nitrogens with zero attached hydrogens (tertiary/aromatic N) is 2. The van der Waals surface area contributed by atoms with Crippen LogP contribution in [0.4, 0.5) is 27.4 Å². The molecule has 1 amide bonds. The molecule has 0 spiro atoms. The van der Waals surface area contributed by atoms with Gasteiger partial charge in [0.1, 0.15) is 5.82 Å². The van der Waals surface area contributed by atoms with Crippen LogP contribution >= 0.6 is 0 Å². The molecule has 2 unspecified atom stereocenters. The van der Waals surface area contributed by atoms with Crippen molar-refractivity contribution < 1.29 is 9.18 Å². The number of carbonyl (C=O) groups excluding carboxylic acids is 1. The second kappa shape index (κ2) is 9.19. The average molecular weight is 436 g/mol. The minimum atomic E-state index is -0.789. The van der Waals surface area contributed by atoms with Gasteiger partial charge in [0, 0.05) is 29.5 Å². The number of anilines is 4. The zero-order chi connectivity index (χ0) is 22.7. The number of hydrogen-bond acceptors (Lipinski definition) is 7. The van der Waals surface area contributed by atoms with Gasteiger partial charge in [-0.25, -0.2) is 9.37 Å². The van der Waals surface area contributed by atoms with E-state index in [0.717, 1.165) is 42.9 Å². The third kappa shape index (κ3) is 4.78. The van der Waals surface area contributed by atoms with Crippen LogP contribution in [-0.4, -0.2) is 28.0 Å². The average Bonchev–Trinajstić information content (AvgIpc) is 2.78. The first-order valence-corrected chi connectivity index (χ1v) is 10.5. The van der Waals surface area contributed by atoms with E-state index in [1.807, 2.05) is 18.2 Å². The topological polar surface area (TPSA) is 145 Å². The number of hydrogen-bond donors (Lipinski definition) is 5. The largest absolute Gasteiger partial charge is 0.399 e. The van der Waals surface area contributed by atoms with Crippen LogP contribution in [0.3, 0.4) is 0 Å². The van der Waals surface area contributed by atoms with E-state index in [2.05, 4.69) is 20.6 Å². The van der Waals surface area contributed by atoms with Crippen LogP contribution in [0.1, 0.15) is 36.0 Å². The van der Waals surface area contributed by atoms with E-state index in [9.17, 15) is 9.18 Å². The Balaban J connectivity index is 1.64. The fourth-order valence-corrected chi connectivity index (χ4v) is 3.87. The summed E-state index contributed by atoms with van der Waals surface area (Å²) in [6.07, 6.45) is 7.06. The maximum Gasteiger partial charge on any atom is 0.252 e. The molecule has 0 aliphatic heterocycles. The first-order chi connectivity index (χ1) is 15.4. The van der Waals surface area contributed by atoms with Crippen molar-refractivity contribution in [2.75, 3.05) is 16.4 Å².